The van der Waals surface area contributed by atoms with E-state index in [1.54, 1.807) is 7.11 Å². The summed E-state index contributed by atoms with van der Waals surface area (Å²) in [6.45, 7) is 3.59. The summed E-state index contributed by atoms with van der Waals surface area (Å²) in [4.78, 5) is 8.83. The van der Waals surface area contributed by atoms with Gasteiger partial charge in [0.15, 0.2) is 5.96 Å². The minimum atomic E-state index is 0.171. The smallest absolute Gasteiger partial charge is 0.189 e. The molecule has 0 saturated heterocycles. The SMILES string of the molecule is COCC(C)NC(N)=NC1CCn2ccnc2C1. The number of hydrogen-bond acceptors (Lipinski definition) is 3. The summed E-state index contributed by atoms with van der Waals surface area (Å²) >= 11 is 0. The fourth-order valence-corrected chi connectivity index (χ4v) is 2.22. The van der Waals surface area contributed by atoms with Crippen LogP contribution in [0.25, 0.3) is 0 Å². The molecule has 1 aromatic rings. The van der Waals surface area contributed by atoms with Crippen LogP contribution in [0.1, 0.15) is 19.2 Å². The molecule has 2 unspecified atom stereocenters. The maximum atomic E-state index is 5.89. The molecule has 0 aromatic carbocycles. The van der Waals surface area contributed by atoms with E-state index in [0.29, 0.717) is 12.6 Å². The molecule has 6 heteroatoms. The van der Waals surface area contributed by atoms with Gasteiger partial charge in [-0.15, -0.1) is 0 Å². The van der Waals surface area contributed by atoms with E-state index in [0.717, 1.165) is 25.2 Å². The van der Waals surface area contributed by atoms with E-state index in [2.05, 4.69) is 19.9 Å². The summed E-state index contributed by atoms with van der Waals surface area (Å²) in [5.74, 6) is 1.58. The highest BCUT2D eigenvalue weighted by atomic mass is 16.5. The van der Waals surface area contributed by atoms with Crippen LogP contribution in [0.4, 0.5) is 0 Å². The number of aromatic nitrogens is 2. The zero-order valence-electron chi connectivity index (χ0n) is 11.0. The van der Waals surface area contributed by atoms with E-state index in [-0.39, 0.29) is 12.1 Å². The topological polar surface area (TPSA) is 77.5 Å². The highest BCUT2D eigenvalue weighted by Crippen LogP contribution is 2.15. The number of rotatable bonds is 4. The second-order valence-corrected chi connectivity index (χ2v) is 4.70. The summed E-state index contributed by atoms with van der Waals surface area (Å²) < 4.78 is 7.21. The molecule has 0 amide bonds. The molecule has 0 bridgehead atoms. The number of ether oxygens (including phenoxy) is 1. The molecular weight excluding hydrogens is 230 g/mol. The quantitative estimate of drug-likeness (QED) is 0.589. The first-order chi connectivity index (χ1) is 8.69. The van der Waals surface area contributed by atoms with Crippen LogP contribution < -0.4 is 11.1 Å². The number of nitrogens with zero attached hydrogens (tertiary/aromatic N) is 3. The zero-order valence-corrected chi connectivity index (χ0v) is 11.0. The molecule has 2 rings (SSSR count). The largest absolute Gasteiger partial charge is 0.383 e. The predicted octanol–water partition coefficient (Wildman–Crippen LogP) is 0.137. The summed E-state index contributed by atoms with van der Waals surface area (Å²) in [5.41, 5.74) is 5.89. The van der Waals surface area contributed by atoms with Crippen molar-refractivity contribution in [1.82, 2.24) is 14.9 Å². The van der Waals surface area contributed by atoms with Crippen molar-refractivity contribution in [3.8, 4) is 0 Å². The van der Waals surface area contributed by atoms with Crippen molar-refractivity contribution in [2.24, 2.45) is 10.7 Å². The number of nitrogens with two attached hydrogens (primary N) is 1. The molecule has 6 nitrogen and oxygen atoms in total. The monoisotopic (exact) mass is 251 g/mol. The number of aryl methyl sites for hydroxylation is 1. The van der Waals surface area contributed by atoms with E-state index >= 15 is 0 Å². The molecule has 1 aliphatic heterocycles. The van der Waals surface area contributed by atoms with Gasteiger partial charge in [0.1, 0.15) is 5.82 Å². The first-order valence-electron chi connectivity index (χ1n) is 6.27. The Bertz CT molecular complexity index is 414. The van der Waals surface area contributed by atoms with E-state index in [1.807, 2.05) is 19.3 Å². The molecular formula is C12H21N5O. The van der Waals surface area contributed by atoms with Crippen LogP contribution in [-0.4, -0.2) is 41.3 Å². The van der Waals surface area contributed by atoms with Gasteiger partial charge >= 0.3 is 0 Å². The van der Waals surface area contributed by atoms with E-state index in [1.165, 1.54) is 0 Å². The molecule has 0 radical (unpaired) electrons. The Morgan fingerprint density at radius 1 is 1.78 bits per heavy atom. The molecule has 0 aliphatic carbocycles. The van der Waals surface area contributed by atoms with Crippen molar-refractivity contribution in [3.63, 3.8) is 0 Å². The lowest BCUT2D eigenvalue weighted by molar-refractivity contribution is 0.179. The van der Waals surface area contributed by atoms with Gasteiger partial charge in [0, 0.05) is 38.5 Å². The maximum Gasteiger partial charge on any atom is 0.189 e. The average Bonchev–Trinajstić information content (AvgIpc) is 2.76. The van der Waals surface area contributed by atoms with Gasteiger partial charge in [-0.1, -0.05) is 0 Å². The van der Waals surface area contributed by atoms with Gasteiger partial charge in [-0.2, -0.15) is 0 Å². The average molecular weight is 251 g/mol. The first-order valence-corrected chi connectivity index (χ1v) is 6.27. The number of guanidine groups is 1. The van der Waals surface area contributed by atoms with Crippen molar-refractivity contribution in [2.45, 2.75) is 38.4 Å². The van der Waals surface area contributed by atoms with Crippen LogP contribution in [0.5, 0.6) is 0 Å². The highest BCUT2D eigenvalue weighted by molar-refractivity contribution is 5.78. The van der Waals surface area contributed by atoms with Gasteiger partial charge < -0.3 is 20.4 Å². The fraction of sp³-hybridized carbons (Fsp3) is 0.667. The van der Waals surface area contributed by atoms with Crippen molar-refractivity contribution >= 4 is 5.96 Å². The summed E-state index contributed by atoms with van der Waals surface area (Å²) in [7, 11) is 1.67. The van der Waals surface area contributed by atoms with Crippen molar-refractivity contribution < 1.29 is 4.74 Å². The number of methoxy groups -OCH3 is 1. The second kappa shape index (κ2) is 5.86. The Morgan fingerprint density at radius 2 is 2.61 bits per heavy atom. The molecule has 0 spiro atoms. The molecule has 2 heterocycles. The molecule has 100 valence electrons. The van der Waals surface area contributed by atoms with Gasteiger partial charge in [0.05, 0.1) is 12.6 Å². The fourth-order valence-electron chi connectivity index (χ4n) is 2.22. The molecule has 3 N–H and O–H groups in total. The lowest BCUT2D eigenvalue weighted by atomic mass is 10.1. The number of hydrogen-bond donors (Lipinski definition) is 2. The number of fused-ring (bicyclic) bond motifs is 1. The van der Waals surface area contributed by atoms with Crippen molar-refractivity contribution in [1.29, 1.82) is 0 Å². The molecule has 0 fully saturated rings. The Hall–Kier alpha value is -1.56. The standard InChI is InChI=1S/C12H21N5O/c1-9(8-18-2)15-12(13)16-10-3-5-17-6-4-14-11(17)7-10/h4,6,9-10H,3,5,7-8H2,1-2H3,(H3,13,15,16). The highest BCUT2D eigenvalue weighted by Gasteiger charge is 2.18. The molecule has 2 atom stereocenters. The van der Waals surface area contributed by atoms with E-state index < -0.39 is 0 Å². The van der Waals surface area contributed by atoms with Crippen LogP contribution >= 0.6 is 0 Å². The Kier molecular flexibility index (Phi) is 4.19. The second-order valence-electron chi connectivity index (χ2n) is 4.70. The summed E-state index contributed by atoms with van der Waals surface area (Å²) in [6.07, 6.45) is 5.71. The number of imidazole rings is 1. The molecule has 0 saturated carbocycles. The molecule has 18 heavy (non-hydrogen) atoms. The Balaban J connectivity index is 1.89. The van der Waals surface area contributed by atoms with Crippen molar-refractivity contribution in [3.05, 3.63) is 18.2 Å². The van der Waals surface area contributed by atoms with E-state index in [4.69, 9.17) is 10.5 Å². The van der Waals surface area contributed by atoms with Gasteiger partial charge in [0.2, 0.25) is 0 Å². The number of nitrogens with one attached hydrogen (secondary N) is 1. The van der Waals surface area contributed by atoms with Gasteiger partial charge in [-0.05, 0) is 13.3 Å². The van der Waals surface area contributed by atoms with Crippen LogP contribution in [0.15, 0.2) is 17.4 Å². The Morgan fingerprint density at radius 3 is 3.39 bits per heavy atom. The van der Waals surface area contributed by atoms with Crippen LogP contribution in [-0.2, 0) is 17.7 Å². The molecule has 1 aromatic heterocycles. The van der Waals surface area contributed by atoms with Gasteiger partial charge in [0.25, 0.3) is 0 Å². The van der Waals surface area contributed by atoms with Crippen LogP contribution in [0.3, 0.4) is 0 Å². The third-order valence-corrected chi connectivity index (χ3v) is 3.06. The third kappa shape index (κ3) is 3.22. The Labute approximate surface area is 107 Å². The van der Waals surface area contributed by atoms with Gasteiger partial charge in [-0.25, -0.2) is 9.98 Å². The third-order valence-electron chi connectivity index (χ3n) is 3.06. The minimum absolute atomic E-state index is 0.171. The predicted molar refractivity (Wildman–Crippen MR) is 70.4 cm³/mol. The van der Waals surface area contributed by atoms with E-state index in [9.17, 15) is 0 Å². The van der Waals surface area contributed by atoms with Crippen LogP contribution in [0, 0.1) is 0 Å². The zero-order chi connectivity index (χ0) is 13.0. The minimum Gasteiger partial charge on any atom is -0.383 e. The summed E-state index contributed by atoms with van der Waals surface area (Å²) in [5, 5.41) is 3.12. The number of aliphatic imine (C=N–C) groups is 1. The normalized spacial score (nSPS) is 21.4. The first kappa shape index (κ1) is 12.9. The lowest BCUT2D eigenvalue weighted by Gasteiger charge is -2.21. The maximum absolute atomic E-state index is 5.89. The summed E-state index contributed by atoms with van der Waals surface area (Å²) in [6, 6.07) is 0.395. The van der Waals surface area contributed by atoms with Crippen LogP contribution in [0.2, 0.25) is 0 Å². The van der Waals surface area contributed by atoms with Crippen molar-refractivity contribution in [2.75, 3.05) is 13.7 Å². The lowest BCUT2D eigenvalue weighted by Crippen LogP contribution is -2.42. The molecule has 1 aliphatic rings. The van der Waals surface area contributed by atoms with Gasteiger partial charge in [-0.3, -0.25) is 0 Å².